The van der Waals surface area contributed by atoms with Gasteiger partial charge in [0, 0.05) is 0 Å². The molecule has 1 rings (SSSR count). The van der Waals surface area contributed by atoms with Gasteiger partial charge >= 0.3 is 0 Å². The van der Waals surface area contributed by atoms with Gasteiger partial charge in [-0.2, -0.15) is 0 Å². The molecule has 0 aliphatic carbocycles. The van der Waals surface area contributed by atoms with Crippen molar-refractivity contribution in [1.82, 2.24) is 0 Å². The number of benzene rings is 1. The molecule has 0 unspecified atom stereocenters. The summed E-state index contributed by atoms with van der Waals surface area (Å²) in [5.41, 5.74) is -0.0185. The number of hydrogen-bond donors (Lipinski definition) is 1. The number of hydrogen-bond acceptors (Lipinski definition) is 3. The Kier molecular flexibility index (Phi) is 2.40. The Morgan fingerprint density at radius 2 is 2.25 bits per heavy atom. The fraction of sp³-hybridized carbons (Fsp3) is 0.125. The molecule has 0 aromatic heterocycles. The number of halogens is 1. The minimum Gasteiger partial charge on any atom is -0.547 e. The van der Waals surface area contributed by atoms with Crippen molar-refractivity contribution in [1.29, 1.82) is 0 Å². The largest absolute Gasteiger partial charge is 0.547 e. The second-order valence-corrected chi connectivity index (χ2v) is 2.28. The third-order valence-corrected chi connectivity index (χ3v) is 1.39. The van der Waals surface area contributed by atoms with E-state index in [9.17, 15) is 14.3 Å². The molecule has 12 heavy (non-hydrogen) atoms. The van der Waals surface area contributed by atoms with Gasteiger partial charge in [0.05, 0.1) is 5.97 Å². The highest BCUT2D eigenvalue weighted by Gasteiger charge is 2.07. The Bertz CT molecular complexity index is 298. The molecule has 1 aromatic carbocycles. The summed E-state index contributed by atoms with van der Waals surface area (Å²) in [5.74, 6) is -2.23. The van der Waals surface area contributed by atoms with Gasteiger partial charge in [0.2, 0.25) is 0 Å². The van der Waals surface area contributed by atoms with E-state index in [1.165, 1.54) is 12.1 Å². The van der Waals surface area contributed by atoms with Crippen LogP contribution in [0, 0.1) is 5.82 Å². The highest BCUT2D eigenvalue weighted by atomic mass is 19.1. The fourth-order valence-corrected chi connectivity index (χ4v) is 0.813. The average Bonchev–Trinajstić information content (AvgIpc) is 2.03. The predicted octanol–water partition coefficient (Wildman–Crippen LogP) is -0.391. The first-order valence-corrected chi connectivity index (χ1v) is 3.25. The summed E-state index contributed by atoms with van der Waals surface area (Å²) in [5, 5.41) is 19.0. The van der Waals surface area contributed by atoms with E-state index >= 15 is 0 Å². The van der Waals surface area contributed by atoms with Gasteiger partial charge in [-0.3, -0.25) is 0 Å². The molecule has 0 saturated heterocycles. The van der Waals surface area contributed by atoms with Crippen molar-refractivity contribution >= 4 is 5.97 Å². The predicted molar refractivity (Wildman–Crippen MR) is 36.4 cm³/mol. The Balaban J connectivity index is 2.95. The molecule has 0 saturated carbocycles. The third-order valence-electron chi connectivity index (χ3n) is 1.39. The van der Waals surface area contributed by atoms with Gasteiger partial charge in [-0.05, 0) is 17.7 Å². The van der Waals surface area contributed by atoms with Crippen LogP contribution in [0.2, 0.25) is 0 Å². The summed E-state index contributed by atoms with van der Waals surface area (Å²) in [4.78, 5) is 10.1. The van der Waals surface area contributed by atoms with E-state index < -0.39 is 17.9 Å². The molecule has 0 fully saturated rings. The first-order valence-electron chi connectivity index (χ1n) is 3.25. The Morgan fingerprint density at radius 3 is 2.75 bits per heavy atom. The maximum atomic E-state index is 12.5. The van der Waals surface area contributed by atoms with E-state index in [1.54, 1.807) is 0 Å². The van der Waals surface area contributed by atoms with Crippen molar-refractivity contribution in [2.45, 2.75) is 6.10 Å². The van der Waals surface area contributed by atoms with Gasteiger partial charge < -0.3 is 15.0 Å². The molecule has 0 radical (unpaired) electrons. The number of aliphatic hydroxyl groups is 1. The lowest BCUT2D eigenvalue weighted by molar-refractivity contribution is -0.315. The smallest absolute Gasteiger partial charge is 0.123 e. The lowest BCUT2D eigenvalue weighted by Gasteiger charge is -2.10. The number of carbonyl (C=O) groups is 1. The first-order chi connectivity index (χ1) is 5.61. The van der Waals surface area contributed by atoms with Gasteiger partial charge in [-0.1, -0.05) is 12.1 Å². The van der Waals surface area contributed by atoms with Crippen molar-refractivity contribution in [3.63, 3.8) is 0 Å². The molecule has 3 nitrogen and oxygen atoms in total. The first kappa shape index (κ1) is 8.67. The van der Waals surface area contributed by atoms with Gasteiger partial charge in [0.1, 0.15) is 11.9 Å². The minimum atomic E-state index is -1.76. The Hall–Kier alpha value is -1.42. The van der Waals surface area contributed by atoms with Crippen LogP contribution in [0.4, 0.5) is 4.39 Å². The second-order valence-electron chi connectivity index (χ2n) is 2.28. The maximum Gasteiger partial charge on any atom is 0.123 e. The highest BCUT2D eigenvalue weighted by molar-refractivity contribution is 5.71. The van der Waals surface area contributed by atoms with Crippen LogP contribution >= 0.6 is 0 Å². The molecule has 0 aliphatic rings. The van der Waals surface area contributed by atoms with Crippen LogP contribution in [0.15, 0.2) is 24.3 Å². The normalized spacial score (nSPS) is 12.5. The van der Waals surface area contributed by atoms with Crippen LogP contribution < -0.4 is 5.11 Å². The summed E-state index contributed by atoms with van der Waals surface area (Å²) in [6.45, 7) is 0. The van der Waals surface area contributed by atoms with Crippen LogP contribution in [0.1, 0.15) is 11.7 Å². The molecular formula is C8H6FO3-. The van der Waals surface area contributed by atoms with Gasteiger partial charge in [-0.15, -0.1) is 0 Å². The Morgan fingerprint density at radius 1 is 1.58 bits per heavy atom. The monoisotopic (exact) mass is 169 g/mol. The van der Waals surface area contributed by atoms with E-state index in [0.717, 1.165) is 12.1 Å². The standard InChI is InChI=1S/C8H7FO3/c9-6-3-1-2-5(4-6)7(10)8(11)12/h1-4,7,10H,(H,11,12)/p-1/t7-/m1/s1. The van der Waals surface area contributed by atoms with Gasteiger partial charge in [0.15, 0.2) is 0 Å². The van der Waals surface area contributed by atoms with Gasteiger partial charge in [-0.25, -0.2) is 4.39 Å². The minimum absolute atomic E-state index is 0.0185. The molecule has 0 spiro atoms. The van der Waals surface area contributed by atoms with Crippen LogP contribution in [-0.4, -0.2) is 11.1 Å². The van der Waals surface area contributed by atoms with Crippen molar-refractivity contribution in [2.24, 2.45) is 0 Å². The van der Waals surface area contributed by atoms with E-state index in [0.29, 0.717) is 0 Å². The molecule has 0 aliphatic heterocycles. The summed E-state index contributed by atoms with van der Waals surface area (Å²) >= 11 is 0. The Labute approximate surface area is 68.1 Å². The molecule has 0 heterocycles. The van der Waals surface area contributed by atoms with E-state index in [-0.39, 0.29) is 5.56 Å². The highest BCUT2D eigenvalue weighted by Crippen LogP contribution is 2.12. The molecule has 1 aromatic rings. The molecule has 1 N–H and O–H groups in total. The number of aliphatic hydroxyl groups excluding tert-OH is 1. The number of carboxylic acid groups (broad SMARTS) is 1. The zero-order valence-electron chi connectivity index (χ0n) is 6.03. The van der Waals surface area contributed by atoms with E-state index in [1.807, 2.05) is 0 Å². The van der Waals surface area contributed by atoms with Crippen LogP contribution in [-0.2, 0) is 4.79 Å². The van der Waals surface area contributed by atoms with Crippen molar-refractivity contribution < 1.29 is 19.4 Å². The van der Waals surface area contributed by atoms with Crippen LogP contribution in [0.3, 0.4) is 0 Å². The number of carboxylic acids is 1. The fourth-order valence-electron chi connectivity index (χ4n) is 0.813. The molecule has 0 bridgehead atoms. The van der Waals surface area contributed by atoms with Crippen molar-refractivity contribution in [3.05, 3.63) is 35.6 Å². The zero-order valence-corrected chi connectivity index (χ0v) is 6.03. The molecule has 4 heteroatoms. The van der Waals surface area contributed by atoms with Crippen molar-refractivity contribution in [3.8, 4) is 0 Å². The van der Waals surface area contributed by atoms with E-state index in [2.05, 4.69) is 0 Å². The van der Waals surface area contributed by atoms with Crippen molar-refractivity contribution in [2.75, 3.05) is 0 Å². The molecule has 1 atom stereocenters. The van der Waals surface area contributed by atoms with Gasteiger partial charge in [0.25, 0.3) is 0 Å². The third kappa shape index (κ3) is 1.79. The average molecular weight is 169 g/mol. The number of carbonyl (C=O) groups excluding carboxylic acids is 1. The molecule has 64 valence electrons. The van der Waals surface area contributed by atoms with Crippen LogP contribution in [0.5, 0.6) is 0 Å². The summed E-state index contributed by atoms with van der Waals surface area (Å²) in [7, 11) is 0. The summed E-state index contributed by atoms with van der Waals surface area (Å²) in [6.07, 6.45) is -1.76. The molecular weight excluding hydrogens is 163 g/mol. The number of aliphatic carboxylic acids is 1. The summed E-state index contributed by atoms with van der Waals surface area (Å²) in [6, 6.07) is 4.73. The lowest BCUT2D eigenvalue weighted by atomic mass is 10.1. The zero-order chi connectivity index (χ0) is 9.14. The lowest BCUT2D eigenvalue weighted by Crippen LogP contribution is -2.29. The SMILES string of the molecule is O=C([O-])[C@H](O)c1cccc(F)c1. The second kappa shape index (κ2) is 3.32. The number of rotatable bonds is 2. The molecule has 0 amide bonds. The topological polar surface area (TPSA) is 60.4 Å². The van der Waals surface area contributed by atoms with E-state index in [4.69, 9.17) is 5.11 Å². The summed E-state index contributed by atoms with van der Waals surface area (Å²) < 4.78 is 12.5. The quantitative estimate of drug-likeness (QED) is 0.655. The maximum absolute atomic E-state index is 12.5. The van der Waals surface area contributed by atoms with Crippen LogP contribution in [0.25, 0.3) is 0 Å².